The van der Waals surface area contributed by atoms with Gasteiger partial charge in [-0.3, -0.25) is 15.0 Å². The number of hydrogen-bond donors (Lipinski definition) is 4. The number of hydrogen-bond acceptors (Lipinski definition) is 7. The molecule has 1 aromatic heterocycles. The highest BCUT2D eigenvalue weighted by Crippen LogP contribution is 2.28. The number of hydrazine groups is 1. The van der Waals surface area contributed by atoms with Crippen molar-refractivity contribution in [2.75, 3.05) is 10.6 Å². The predicted octanol–water partition coefficient (Wildman–Crippen LogP) is 4.74. The molecule has 0 atom stereocenters. The van der Waals surface area contributed by atoms with E-state index in [0.29, 0.717) is 34.3 Å². The molecule has 0 unspecified atom stereocenters. The molecule has 0 spiro atoms. The molecule has 3 aromatic carbocycles. The number of carbonyl (C=O) groups is 2. The van der Waals surface area contributed by atoms with Crippen molar-refractivity contribution in [3.8, 4) is 11.4 Å². The SMILES string of the molecule is Cc1c(NC(=O)c2ccc(C(C)(C)C)cc2)cccc1-c1ncnc(Nc2ccc(C(=O)NN)cc2)n1. The van der Waals surface area contributed by atoms with Gasteiger partial charge in [0.05, 0.1) is 0 Å². The van der Waals surface area contributed by atoms with Crippen molar-refractivity contribution in [1.29, 1.82) is 0 Å². The van der Waals surface area contributed by atoms with Gasteiger partial charge in [-0.2, -0.15) is 4.98 Å². The van der Waals surface area contributed by atoms with Crippen LogP contribution in [0.1, 0.15) is 52.6 Å². The minimum atomic E-state index is -0.377. The molecule has 0 aliphatic rings. The van der Waals surface area contributed by atoms with Crippen LogP contribution in [0.15, 0.2) is 73.1 Å². The van der Waals surface area contributed by atoms with E-state index in [9.17, 15) is 9.59 Å². The molecule has 0 bridgehead atoms. The number of nitrogens with zero attached hydrogens (tertiary/aromatic N) is 3. The van der Waals surface area contributed by atoms with Crippen molar-refractivity contribution in [3.05, 3.63) is 95.3 Å². The van der Waals surface area contributed by atoms with Gasteiger partial charge in [0, 0.05) is 28.1 Å². The predicted molar refractivity (Wildman–Crippen MR) is 144 cm³/mol. The lowest BCUT2D eigenvalue weighted by Gasteiger charge is -2.19. The van der Waals surface area contributed by atoms with Crippen LogP contribution >= 0.6 is 0 Å². The second kappa shape index (κ2) is 10.5. The summed E-state index contributed by atoms with van der Waals surface area (Å²) in [5, 5.41) is 6.11. The Morgan fingerprint density at radius 1 is 0.838 bits per heavy atom. The minimum absolute atomic E-state index is 0.0165. The van der Waals surface area contributed by atoms with E-state index < -0.39 is 0 Å². The zero-order valence-electron chi connectivity index (χ0n) is 21.2. The highest BCUT2D eigenvalue weighted by atomic mass is 16.2. The first-order valence-corrected chi connectivity index (χ1v) is 11.7. The molecule has 0 saturated heterocycles. The van der Waals surface area contributed by atoms with Gasteiger partial charge in [0.1, 0.15) is 6.33 Å². The number of nitrogens with two attached hydrogens (primary N) is 1. The Balaban J connectivity index is 1.52. The van der Waals surface area contributed by atoms with Gasteiger partial charge in [-0.25, -0.2) is 15.8 Å². The number of nitrogens with one attached hydrogen (secondary N) is 3. The van der Waals surface area contributed by atoms with Gasteiger partial charge in [-0.05, 0) is 65.9 Å². The maximum Gasteiger partial charge on any atom is 0.265 e. The largest absolute Gasteiger partial charge is 0.324 e. The van der Waals surface area contributed by atoms with Crippen LogP contribution in [0, 0.1) is 6.92 Å². The molecule has 2 amide bonds. The monoisotopic (exact) mass is 495 g/mol. The van der Waals surface area contributed by atoms with Crippen LogP contribution in [0.5, 0.6) is 0 Å². The summed E-state index contributed by atoms with van der Waals surface area (Å²) in [6, 6.07) is 20.0. The summed E-state index contributed by atoms with van der Waals surface area (Å²) in [4.78, 5) is 37.6. The van der Waals surface area contributed by atoms with Crippen LogP contribution in [-0.2, 0) is 5.41 Å². The molecule has 0 fully saturated rings. The van der Waals surface area contributed by atoms with Crippen molar-refractivity contribution in [3.63, 3.8) is 0 Å². The van der Waals surface area contributed by atoms with Gasteiger partial charge in [0.2, 0.25) is 5.95 Å². The first-order valence-electron chi connectivity index (χ1n) is 11.7. The second-order valence-electron chi connectivity index (χ2n) is 9.57. The van der Waals surface area contributed by atoms with Gasteiger partial charge >= 0.3 is 0 Å². The normalized spacial score (nSPS) is 11.1. The fraction of sp³-hybridized carbons (Fsp3) is 0.179. The standard InChI is InChI=1S/C28H29N7O2/c1-17-22(6-5-7-23(17)33-25(36)18-8-12-20(13-9-18)28(2,3)4)24-30-16-31-27(34-24)32-21-14-10-19(11-15-21)26(37)35-29/h5-16H,29H2,1-4H3,(H,33,36)(H,35,37)(H,30,31,32,34). The minimum Gasteiger partial charge on any atom is -0.324 e. The molecule has 9 nitrogen and oxygen atoms in total. The van der Waals surface area contributed by atoms with E-state index in [4.69, 9.17) is 5.84 Å². The Morgan fingerprint density at radius 3 is 2.14 bits per heavy atom. The molecule has 0 radical (unpaired) electrons. The van der Waals surface area contributed by atoms with Gasteiger partial charge < -0.3 is 10.6 Å². The van der Waals surface area contributed by atoms with E-state index in [1.807, 2.05) is 49.4 Å². The number of aromatic nitrogens is 3. The van der Waals surface area contributed by atoms with E-state index >= 15 is 0 Å². The van der Waals surface area contributed by atoms with Crippen LogP contribution in [0.25, 0.3) is 11.4 Å². The van der Waals surface area contributed by atoms with Crippen LogP contribution < -0.4 is 21.9 Å². The zero-order valence-corrected chi connectivity index (χ0v) is 21.2. The van der Waals surface area contributed by atoms with Gasteiger partial charge in [-0.15, -0.1) is 0 Å². The fourth-order valence-corrected chi connectivity index (χ4v) is 3.73. The third kappa shape index (κ3) is 5.96. The van der Waals surface area contributed by atoms with Crippen molar-refractivity contribution in [2.24, 2.45) is 5.84 Å². The Labute approximate surface area is 215 Å². The van der Waals surface area contributed by atoms with Crippen molar-refractivity contribution >= 4 is 29.1 Å². The topological polar surface area (TPSA) is 135 Å². The van der Waals surface area contributed by atoms with Crippen molar-refractivity contribution in [2.45, 2.75) is 33.1 Å². The highest BCUT2D eigenvalue weighted by molar-refractivity contribution is 6.05. The van der Waals surface area contributed by atoms with Gasteiger partial charge in [0.15, 0.2) is 5.82 Å². The van der Waals surface area contributed by atoms with Crippen LogP contribution in [0.4, 0.5) is 17.3 Å². The Bertz CT molecular complexity index is 1430. The number of anilines is 3. The Hall–Kier alpha value is -4.63. The lowest BCUT2D eigenvalue weighted by Crippen LogP contribution is -2.29. The number of carbonyl (C=O) groups excluding carboxylic acids is 2. The van der Waals surface area contributed by atoms with Crippen LogP contribution in [0.3, 0.4) is 0 Å². The molecule has 0 aliphatic carbocycles. The van der Waals surface area contributed by atoms with Gasteiger partial charge in [-0.1, -0.05) is 45.0 Å². The number of rotatable bonds is 6. The molecule has 4 rings (SSSR count). The number of nitrogen functional groups attached to an aromatic ring is 1. The summed E-state index contributed by atoms with van der Waals surface area (Å²) in [7, 11) is 0. The molecule has 4 aromatic rings. The number of amides is 2. The smallest absolute Gasteiger partial charge is 0.265 e. The van der Waals surface area contributed by atoms with E-state index in [2.05, 4.69) is 51.8 Å². The van der Waals surface area contributed by atoms with Crippen LogP contribution in [0.2, 0.25) is 0 Å². The lowest BCUT2D eigenvalue weighted by molar-refractivity contribution is 0.0952. The lowest BCUT2D eigenvalue weighted by atomic mass is 9.86. The summed E-state index contributed by atoms with van der Waals surface area (Å²) < 4.78 is 0. The molecular weight excluding hydrogens is 466 g/mol. The van der Waals surface area contributed by atoms with E-state index in [-0.39, 0.29) is 17.2 Å². The molecule has 188 valence electrons. The summed E-state index contributed by atoms with van der Waals surface area (Å²) in [5.74, 6) is 5.40. The summed E-state index contributed by atoms with van der Waals surface area (Å²) in [6.45, 7) is 8.32. The van der Waals surface area contributed by atoms with E-state index in [1.54, 1.807) is 24.3 Å². The molecule has 0 aliphatic heterocycles. The molecule has 1 heterocycles. The van der Waals surface area contributed by atoms with E-state index in [1.165, 1.54) is 11.9 Å². The maximum atomic E-state index is 12.9. The zero-order chi connectivity index (χ0) is 26.6. The fourth-order valence-electron chi connectivity index (χ4n) is 3.73. The van der Waals surface area contributed by atoms with Gasteiger partial charge in [0.25, 0.3) is 11.8 Å². The second-order valence-corrected chi connectivity index (χ2v) is 9.57. The average molecular weight is 496 g/mol. The van der Waals surface area contributed by atoms with Crippen molar-refractivity contribution in [1.82, 2.24) is 20.4 Å². The summed E-state index contributed by atoms with van der Waals surface area (Å²) in [5.41, 5.74) is 7.26. The third-order valence-electron chi connectivity index (χ3n) is 5.94. The summed E-state index contributed by atoms with van der Waals surface area (Å²) in [6.07, 6.45) is 1.42. The molecule has 37 heavy (non-hydrogen) atoms. The Kier molecular flexibility index (Phi) is 7.26. The number of benzene rings is 3. The molecule has 9 heteroatoms. The highest BCUT2D eigenvalue weighted by Gasteiger charge is 2.16. The quantitative estimate of drug-likeness (QED) is 0.172. The van der Waals surface area contributed by atoms with Crippen LogP contribution in [-0.4, -0.2) is 26.8 Å². The third-order valence-corrected chi connectivity index (χ3v) is 5.94. The molecule has 5 N–H and O–H groups in total. The average Bonchev–Trinajstić information content (AvgIpc) is 2.89. The first-order chi connectivity index (χ1) is 17.7. The maximum absolute atomic E-state index is 12.9. The molecular formula is C28H29N7O2. The first kappa shape index (κ1) is 25.5. The summed E-state index contributed by atoms with van der Waals surface area (Å²) >= 11 is 0. The van der Waals surface area contributed by atoms with E-state index in [0.717, 1.165) is 11.1 Å². The Morgan fingerprint density at radius 2 is 1.49 bits per heavy atom. The molecule has 0 saturated carbocycles. The van der Waals surface area contributed by atoms with Crippen molar-refractivity contribution < 1.29 is 9.59 Å².